The first kappa shape index (κ1) is 63.9. The van der Waals surface area contributed by atoms with Crippen molar-refractivity contribution in [3.63, 3.8) is 0 Å². The maximum absolute atomic E-state index is 13.8. The second-order valence-corrected chi connectivity index (χ2v) is 26.6. The van der Waals surface area contributed by atoms with Gasteiger partial charge in [-0.2, -0.15) is 10.2 Å². The first-order valence-electron chi connectivity index (χ1n) is 31.7. The molecular formula is C63H88N10O15. The van der Waals surface area contributed by atoms with Gasteiger partial charge >= 0.3 is 12.2 Å². The Balaban J connectivity index is 0.000000182. The van der Waals surface area contributed by atoms with Crippen LogP contribution in [-0.2, 0) is 56.8 Å². The molecule has 2 aliphatic carbocycles. The SMILES string of the molecule is CC(C)(C)OC(=O)N(c1nc(C#CCOC2CCCCO2)nc2c1cnn2[C@@H]1O[C@H](CO)[C@H]2OC(C)(C)O[C@H]21)C1CCCC1.CC[C@H]1O[C@@H](n2ncc3c(N(C(=O)OC(C)(C)C)C4CCCC4)nc(C#CCOC4CCCCO4)nc32)[C@@H]2OC(C)(C)O[C@@H]21. The molecule has 88 heavy (non-hydrogen) atoms. The molecule has 8 aliphatic rings. The largest absolute Gasteiger partial charge is 0.443 e. The molecule has 6 aliphatic heterocycles. The summed E-state index contributed by atoms with van der Waals surface area (Å²) in [5.41, 5.74) is -0.474. The smallest absolute Gasteiger partial charge is 0.416 e. The molecule has 25 heteroatoms. The summed E-state index contributed by atoms with van der Waals surface area (Å²) in [4.78, 5) is 50.1. The fourth-order valence-corrected chi connectivity index (χ4v) is 12.8. The predicted molar refractivity (Wildman–Crippen MR) is 318 cm³/mol. The normalized spacial score (nSPS) is 28.5. The van der Waals surface area contributed by atoms with Gasteiger partial charge in [0.1, 0.15) is 54.9 Å². The number of rotatable bonds is 12. The third-order valence-corrected chi connectivity index (χ3v) is 16.6. The lowest BCUT2D eigenvalue weighted by Crippen LogP contribution is -2.43. The Labute approximate surface area is 514 Å². The Bertz CT molecular complexity index is 3010. The van der Waals surface area contributed by atoms with E-state index in [-0.39, 0.29) is 74.4 Å². The Morgan fingerprint density at radius 1 is 0.591 bits per heavy atom. The highest BCUT2D eigenvalue weighted by molar-refractivity contribution is 5.99. The van der Waals surface area contributed by atoms with Crippen LogP contribution in [0.25, 0.3) is 22.1 Å². The monoisotopic (exact) mass is 1220 g/mol. The number of ether oxygens (including phenoxy) is 12. The minimum Gasteiger partial charge on any atom is -0.443 e. The lowest BCUT2D eigenvalue weighted by atomic mass is 10.1. The van der Waals surface area contributed by atoms with Gasteiger partial charge in [0, 0.05) is 25.3 Å². The quantitative estimate of drug-likeness (QED) is 0.130. The summed E-state index contributed by atoms with van der Waals surface area (Å²) >= 11 is 0. The van der Waals surface area contributed by atoms with E-state index in [1.807, 2.05) is 69.2 Å². The highest BCUT2D eigenvalue weighted by Crippen LogP contribution is 2.47. The molecule has 25 nitrogen and oxygen atoms in total. The number of carbonyl (C=O) groups excluding carboxylic acids is 2. The van der Waals surface area contributed by atoms with Crippen molar-refractivity contribution < 1.29 is 71.5 Å². The Morgan fingerprint density at radius 3 is 1.38 bits per heavy atom. The minimum absolute atomic E-state index is 0.0668. The summed E-state index contributed by atoms with van der Waals surface area (Å²) in [5, 5.41) is 20.6. The van der Waals surface area contributed by atoms with E-state index in [2.05, 4.69) is 35.7 Å². The summed E-state index contributed by atoms with van der Waals surface area (Å²) in [6.45, 7) is 22.1. The average molecular weight is 1230 g/mol. The van der Waals surface area contributed by atoms with Crippen LogP contribution in [0.15, 0.2) is 12.4 Å². The summed E-state index contributed by atoms with van der Waals surface area (Å²) in [6.07, 6.45) is 12.1. The van der Waals surface area contributed by atoms with Crippen molar-refractivity contribution in [2.75, 3.05) is 42.8 Å². The van der Waals surface area contributed by atoms with E-state index in [1.165, 1.54) is 0 Å². The van der Waals surface area contributed by atoms with Crippen molar-refractivity contribution >= 4 is 45.9 Å². The number of hydrogen-bond acceptors (Lipinski definition) is 21. The van der Waals surface area contributed by atoms with Crippen molar-refractivity contribution in [3.05, 3.63) is 24.0 Å². The number of hydrogen-bond donors (Lipinski definition) is 1. The summed E-state index contributed by atoms with van der Waals surface area (Å²) in [6, 6.07) is -0.167. The van der Waals surface area contributed by atoms with Crippen LogP contribution in [0.2, 0.25) is 0 Å². The zero-order valence-electron chi connectivity index (χ0n) is 52.9. The second-order valence-electron chi connectivity index (χ2n) is 26.6. The molecule has 2 saturated carbocycles. The molecule has 2 unspecified atom stereocenters. The van der Waals surface area contributed by atoms with Gasteiger partial charge < -0.3 is 61.9 Å². The molecule has 480 valence electrons. The number of amides is 2. The fraction of sp³-hybridized carbons (Fsp3) is 0.746. The zero-order chi connectivity index (χ0) is 62.1. The van der Waals surface area contributed by atoms with Gasteiger partial charge in [-0.25, -0.2) is 38.9 Å². The van der Waals surface area contributed by atoms with E-state index in [0.717, 1.165) is 96.3 Å². The van der Waals surface area contributed by atoms with E-state index in [9.17, 15) is 14.7 Å². The second kappa shape index (κ2) is 26.6. The van der Waals surface area contributed by atoms with Gasteiger partial charge in [-0.1, -0.05) is 44.4 Å². The molecule has 4 aromatic rings. The van der Waals surface area contributed by atoms with Crippen LogP contribution in [0.3, 0.4) is 0 Å². The molecular weight excluding hydrogens is 1140 g/mol. The van der Waals surface area contributed by atoms with Crippen LogP contribution < -0.4 is 9.80 Å². The zero-order valence-corrected chi connectivity index (χ0v) is 52.9. The fourth-order valence-electron chi connectivity index (χ4n) is 12.8. The van der Waals surface area contributed by atoms with Gasteiger partial charge in [0.15, 0.2) is 59.5 Å². The predicted octanol–water partition coefficient (Wildman–Crippen LogP) is 9.05. The van der Waals surface area contributed by atoms with E-state index >= 15 is 0 Å². The van der Waals surface area contributed by atoms with Crippen LogP contribution >= 0.6 is 0 Å². The average Bonchev–Trinajstić information content (AvgIpc) is 1.64. The number of nitrogens with zero attached hydrogens (tertiary/aromatic N) is 10. The molecule has 1 N–H and O–H groups in total. The molecule has 2 amide bonds. The van der Waals surface area contributed by atoms with Gasteiger partial charge in [-0.15, -0.1) is 0 Å². The number of anilines is 2. The number of fused-ring (bicyclic) bond motifs is 4. The molecule has 0 bridgehead atoms. The van der Waals surface area contributed by atoms with E-state index < -0.39 is 65.7 Å². The number of aliphatic hydroxyl groups excluding tert-OH is 1. The molecule has 8 fully saturated rings. The molecule has 10 atom stereocenters. The number of carbonyl (C=O) groups is 2. The van der Waals surface area contributed by atoms with Crippen LogP contribution in [0.1, 0.15) is 197 Å². The highest BCUT2D eigenvalue weighted by Gasteiger charge is 2.58. The van der Waals surface area contributed by atoms with Crippen molar-refractivity contribution in [1.82, 2.24) is 39.5 Å². The van der Waals surface area contributed by atoms with Crippen molar-refractivity contribution in [2.45, 2.75) is 269 Å². The Morgan fingerprint density at radius 2 is 0.989 bits per heavy atom. The standard InChI is InChI=1S/C32H45N5O7.C31H43N5O8/c1-7-22-25-26(43-32(5,6)42-25)29(41-22)37-28-21(19-33-37)27(36(20-13-8-9-14-20)30(38)44-31(2,3)4)34-23(35-28)15-12-18-40-24-16-10-11-17-39-24;1-30(2,3)44-29(38)35(19-11-6-7-12-19)26-20-17-32-36(28-25-24(21(18-37)41-28)42-31(4,5)43-25)27(20)34-22(33-26)13-10-16-40-23-14-8-9-15-39-23/h19-20,22,24-26,29H,7-11,13-14,16-18H2,1-6H3;17,19,21,23-25,28,37H,6-9,11-12,14-16,18H2,1-5H3/t22-,24?,25-,26-,29-;21-,23?,24-,25-,28-/m11/s1. The first-order valence-corrected chi connectivity index (χ1v) is 31.7. The van der Waals surface area contributed by atoms with Gasteiger partial charge in [0.05, 0.1) is 35.9 Å². The molecule has 6 saturated heterocycles. The number of aliphatic hydroxyl groups is 1. The van der Waals surface area contributed by atoms with Gasteiger partial charge in [-0.05, 0) is 152 Å². The van der Waals surface area contributed by atoms with Crippen molar-refractivity contribution in [3.8, 4) is 23.7 Å². The van der Waals surface area contributed by atoms with E-state index in [1.54, 1.807) is 31.6 Å². The Hall–Kier alpha value is -5.68. The van der Waals surface area contributed by atoms with Crippen LogP contribution in [0.4, 0.5) is 21.2 Å². The van der Waals surface area contributed by atoms with Crippen molar-refractivity contribution in [1.29, 1.82) is 0 Å². The molecule has 4 aromatic heterocycles. The molecule has 0 aromatic carbocycles. The Kier molecular flexibility index (Phi) is 19.3. The van der Waals surface area contributed by atoms with E-state index in [0.29, 0.717) is 46.9 Å². The lowest BCUT2D eigenvalue weighted by molar-refractivity contribution is -0.201. The molecule has 0 radical (unpaired) electrons. The maximum Gasteiger partial charge on any atom is 0.416 e. The third-order valence-electron chi connectivity index (χ3n) is 16.6. The van der Waals surface area contributed by atoms with Crippen LogP contribution in [0.5, 0.6) is 0 Å². The third kappa shape index (κ3) is 14.6. The summed E-state index contributed by atoms with van der Waals surface area (Å²) in [5.74, 6) is 11.8. The van der Waals surface area contributed by atoms with Crippen LogP contribution in [0, 0.1) is 23.7 Å². The van der Waals surface area contributed by atoms with Gasteiger partial charge in [-0.3, -0.25) is 9.80 Å². The summed E-state index contributed by atoms with van der Waals surface area (Å²) < 4.78 is 75.5. The first-order chi connectivity index (χ1) is 42.1. The van der Waals surface area contributed by atoms with Crippen LogP contribution in [-0.4, -0.2) is 174 Å². The lowest BCUT2D eigenvalue weighted by Gasteiger charge is -2.31. The highest BCUT2D eigenvalue weighted by atomic mass is 16.8. The minimum atomic E-state index is -0.859. The topological polar surface area (TPSA) is 259 Å². The molecule has 0 spiro atoms. The molecule has 12 rings (SSSR count). The van der Waals surface area contributed by atoms with E-state index in [4.69, 9.17) is 81.9 Å². The maximum atomic E-state index is 13.8. The summed E-state index contributed by atoms with van der Waals surface area (Å²) in [7, 11) is 0. The number of aromatic nitrogens is 8. The van der Waals surface area contributed by atoms with Gasteiger partial charge in [0.25, 0.3) is 0 Å². The van der Waals surface area contributed by atoms with Crippen molar-refractivity contribution in [2.24, 2.45) is 0 Å². The van der Waals surface area contributed by atoms with Gasteiger partial charge in [0.2, 0.25) is 11.6 Å². The molecule has 10 heterocycles.